The van der Waals surface area contributed by atoms with E-state index in [1.54, 1.807) is 0 Å². The van der Waals surface area contributed by atoms with Crippen molar-refractivity contribution in [2.75, 3.05) is 13.2 Å². The molecule has 0 aliphatic carbocycles. The molecule has 0 fully saturated rings. The second kappa shape index (κ2) is 6.37. The van der Waals surface area contributed by atoms with E-state index >= 15 is 0 Å². The van der Waals surface area contributed by atoms with E-state index in [0.29, 0.717) is 25.0 Å². The average molecular weight is 294 g/mol. The molecule has 0 unspecified atom stereocenters. The lowest BCUT2D eigenvalue weighted by atomic mass is 9.81. The Balaban J connectivity index is 2.30. The molecule has 2 heterocycles. The molecule has 120 valence electrons. The first kappa shape index (κ1) is 16.3. The quantitative estimate of drug-likeness (QED) is 0.749. The number of ether oxygens (including phenoxy) is 2. The summed E-state index contributed by atoms with van der Waals surface area (Å²) in [5, 5.41) is 0. The van der Waals surface area contributed by atoms with E-state index in [4.69, 9.17) is 19.5 Å². The lowest BCUT2D eigenvalue weighted by Gasteiger charge is -2.29. The molecule has 0 bridgehead atoms. The van der Waals surface area contributed by atoms with Crippen LogP contribution >= 0.6 is 0 Å². The Bertz CT molecular complexity index is 387. The fourth-order valence-electron chi connectivity index (χ4n) is 2.93. The summed E-state index contributed by atoms with van der Waals surface area (Å²) in [7, 11) is 0. The van der Waals surface area contributed by atoms with E-state index in [1.807, 2.05) is 0 Å². The first-order valence-corrected chi connectivity index (χ1v) is 8.36. The fourth-order valence-corrected chi connectivity index (χ4v) is 2.93. The van der Waals surface area contributed by atoms with E-state index in [0.717, 1.165) is 24.6 Å². The number of aliphatic imine (C=N–C) groups is 2. The molecule has 4 nitrogen and oxygen atoms in total. The van der Waals surface area contributed by atoms with E-state index in [1.165, 1.54) is 0 Å². The van der Waals surface area contributed by atoms with Crippen LogP contribution in [0.5, 0.6) is 0 Å². The molecule has 0 aromatic carbocycles. The lowest BCUT2D eigenvalue weighted by molar-refractivity contribution is 0.233. The van der Waals surface area contributed by atoms with Gasteiger partial charge in [0.15, 0.2) is 11.8 Å². The smallest absolute Gasteiger partial charge is 0.199 e. The lowest BCUT2D eigenvalue weighted by Crippen LogP contribution is -2.39. The normalized spacial score (nSPS) is 25.9. The van der Waals surface area contributed by atoms with Crippen LogP contribution < -0.4 is 0 Å². The third-order valence-corrected chi connectivity index (χ3v) is 4.91. The van der Waals surface area contributed by atoms with Gasteiger partial charge in [-0.25, -0.2) is 9.98 Å². The first-order chi connectivity index (χ1) is 9.94. The SMILES string of the molecule is CCC(CC)(C1=N[C@H](C(C)C)CO1)C1=N[C@H](C(C)C)CO1. The van der Waals surface area contributed by atoms with Crippen LogP contribution in [0.4, 0.5) is 0 Å². The first-order valence-electron chi connectivity index (χ1n) is 8.36. The Hall–Kier alpha value is -1.06. The van der Waals surface area contributed by atoms with Crippen LogP contribution in [-0.4, -0.2) is 37.1 Å². The van der Waals surface area contributed by atoms with Crippen LogP contribution in [0.25, 0.3) is 0 Å². The van der Waals surface area contributed by atoms with E-state index < -0.39 is 0 Å². The number of hydrogen-bond donors (Lipinski definition) is 0. The zero-order valence-electron chi connectivity index (χ0n) is 14.3. The molecule has 2 rings (SSSR count). The molecule has 2 aliphatic heterocycles. The molecule has 0 saturated heterocycles. The van der Waals surface area contributed by atoms with Gasteiger partial charge in [-0.05, 0) is 24.7 Å². The Morgan fingerprint density at radius 1 is 0.905 bits per heavy atom. The predicted octanol–water partition coefficient (Wildman–Crippen LogP) is 3.70. The van der Waals surface area contributed by atoms with Gasteiger partial charge in [-0.3, -0.25) is 0 Å². The molecular weight excluding hydrogens is 264 g/mol. The summed E-state index contributed by atoms with van der Waals surface area (Å²) in [5.74, 6) is 2.69. The van der Waals surface area contributed by atoms with Crippen molar-refractivity contribution in [1.82, 2.24) is 0 Å². The van der Waals surface area contributed by atoms with Crippen LogP contribution in [0.1, 0.15) is 54.4 Å². The predicted molar refractivity (Wildman–Crippen MR) is 87.0 cm³/mol. The Morgan fingerprint density at radius 3 is 1.52 bits per heavy atom. The molecule has 0 N–H and O–H groups in total. The van der Waals surface area contributed by atoms with Crippen molar-refractivity contribution >= 4 is 11.8 Å². The van der Waals surface area contributed by atoms with Crippen molar-refractivity contribution < 1.29 is 9.47 Å². The largest absolute Gasteiger partial charge is 0.478 e. The molecule has 4 heteroatoms. The maximum absolute atomic E-state index is 5.97. The average Bonchev–Trinajstić information content (AvgIpc) is 3.10. The highest BCUT2D eigenvalue weighted by Crippen LogP contribution is 2.37. The van der Waals surface area contributed by atoms with Gasteiger partial charge in [-0.2, -0.15) is 0 Å². The monoisotopic (exact) mass is 294 g/mol. The third-order valence-electron chi connectivity index (χ3n) is 4.91. The maximum atomic E-state index is 5.97. The standard InChI is InChI=1S/C17H30N2O2/c1-7-17(8-2,15-18-13(9-20-15)11(3)4)16-19-14(10-21-16)12(5)6/h11-14H,7-10H2,1-6H3/t13-,14-/m0/s1. The summed E-state index contributed by atoms with van der Waals surface area (Å²) in [6.07, 6.45) is 1.83. The molecule has 0 saturated carbocycles. The van der Waals surface area contributed by atoms with Gasteiger partial charge in [0, 0.05) is 0 Å². The summed E-state index contributed by atoms with van der Waals surface area (Å²) in [4.78, 5) is 9.70. The molecule has 21 heavy (non-hydrogen) atoms. The molecule has 0 amide bonds. The van der Waals surface area contributed by atoms with Crippen molar-refractivity contribution in [3.63, 3.8) is 0 Å². The van der Waals surface area contributed by atoms with Gasteiger partial charge in [0.2, 0.25) is 0 Å². The Kier molecular flexibility index (Phi) is 4.95. The van der Waals surface area contributed by atoms with Crippen molar-refractivity contribution in [3.8, 4) is 0 Å². The minimum Gasteiger partial charge on any atom is -0.478 e. The third kappa shape index (κ3) is 2.95. The van der Waals surface area contributed by atoms with Crippen molar-refractivity contribution in [2.45, 2.75) is 66.5 Å². The van der Waals surface area contributed by atoms with Crippen molar-refractivity contribution in [3.05, 3.63) is 0 Å². The molecule has 2 aliphatic rings. The van der Waals surface area contributed by atoms with Crippen molar-refractivity contribution in [1.29, 1.82) is 0 Å². The Morgan fingerprint density at radius 2 is 1.29 bits per heavy atom. The summed E-state index contributed by atoms with van der Waals surface area (Å²) in [6, 6.07) is 0.528. The van der Waals surface area contributed by atoms with Gasteiger partial charge >= 0.3 is 0 Å². The molecular formula is C17H30N2O2. The number of rotatable bonds is 6. The molecule has 0 radical (unpaired) electrons. The second-order valence-electron chi connectivity index (χ2n) is 6.90. The molecule has 0 aromatic heterocycles. The highest BCUT2D eigenvalue weighted by molar-refractivity contribution is 6.06. The zero-order valence-corrected chi connectivity index (χ0v) is 14.3. The maximum Gasteiger partial charge on any atom is 0.199 e. The Labute approximate surface area is 129 Å². The summed E-state index contributed by atoms with van der Waals surface area (Å²) in [6.45, 7) is 14.5. The van der Waals surface area contributed by atoms with Gasteiger partial charge in [0.25, 0.3) is 0 Å². The summed E-state index contributed by atoms with van der Waals surface area (Å²) < 4.78 is 11.9. The van der Waals surface area contributed by atoms with Gasteiger partial charge in [-0.1, -0.05) is 41.5 Å². The van der Waals surface area contributed by atoms with E-state index in [9.17, 15) is 0 Å². The van der Waals surface area contributed by atoms with Gasteiger partial charge < -0.3 is 9.47 Å². The van der Waals surface area contributed by atoms with Crippen molar-refractivity contribution in [2.24, 2.45) is 27.2 Å². The molecule has 0 spiro atoms. The van der Waals surface area contributed by atoms with Gasteiger partial charge in [0.1, 0.15) is 18.6 Å². The summed E-state index contributed by atoms with van der Waals surface area (Å²) in [5.41, 5.74) is -0.271. The van der Waals surface area contributed by atoms with Crippen LogP contribution in [0, 0.1) is 17.3 Å². The minimum atomic E-state index is -0.271. The number of hydrogen-bond acceptors (Lipinski definition) is 4. The van der Waals surface area contributed by atoms with E-state index in [-0.39, 0.29) is 17.5 Å². The van der Waals surface area contributed by atoms with Gasteiger partial charge in [-0.15, -0.1) is 0 Å². The fraction of sp³-hybridized carbons (Fsp3) is 0.882. The number of nitrogens with zero attached hydrogens (tertiary/aromatic N) is 2. The second-order valence-corrected chi connectivity index (χ2v) is 6.90. The van der Waals surface area contributed by atoms with Gasteiger partial charge in [0.05, 0.1) is 12.1 Å². The topological polar surface area (TPSA) is 43.2 Å². The summed E-state index contributed by atoms with van der Waals surface area (Å²) >= 11 is 0. The van der Waals surface area contributed by atoms with Crippen LogP contribution in [-0.2, 0) is 9.47 Å². The molecule has 0 aromatic rings. The highest BCUT2D eigenvalue weighted by Gasteiger charge is 2.46. The van der Waals surface area contributed by atoms with E-state index in [2.05, 4.69) is 41.5 Å². The van der Waals surface area contributed by atoms with Crippen LogP contribution in [0.3, 0.4) is 0 Å². The van der Waals surface area contributed by atoms with Crippen LogP contribution in [0.2, 0.25) is 0 Å². The minimum absolute atomic E-state index is 0.264. The zero-order chi connectivity index (χ0) is 15.6. The molecule has 2 atom stereocenters. The highest BCUT2D eigenvalue weighted by atomic mass is 16.5. The van der Waals surface area contributed by atoms with Crippen LogP contribution in [0.15, 0.2) is 9.98 Å².